The van der Waals surface area contributed by atoms with E-state index >= 15 is 0 Å². The molecule has 0 aromatic rings. The monoisotopic (exact) mass is 281 g/mol. The molecule has 2 saturated heterocycles. The molecule has 0 saturated carbocycles. The highest BCUT2D eigenvalue weighted by atomic mass is 127. The number of likely N-dealkylation sites (tertiary alicyclic amines) is 1. The van der Waals surface area contributed by atoms with E-state index in [-0.39, 0.29) is 0 Å². The standard InChI is InChI=1S/C8H16IN3/c1-11-3-7(2-10)8(4-11)5-12(9)6-8/h7H,2-6,10H2,1H3. The van der Waals surface area contributed by atoms with Crippen LogP contribution in [0.4, 0.5) is 0 Å². The molecule has 4 heteroatoms. The molecule has 2 fully saturated rings. The van der Waals surface area contributed by atoms with Crippen LogP contribution in [0.5, 0.6) is 0 Å². The first kappa shape index (κ1) is 9.18. The van der Waals surface area contributed by atoms with Gasteiger partial charge in [-0.1, -0.05) is 0 Å². The van der Waals surface area contributed by atoms with Gasteiger partial charge in [0.1, 0.15) is 0 Å². The zero-order valence-corrected chi connectivity index (χ0v) is 9.62. The minimum atomic E-state index is 0.546. The molecular weight excluding hydrogens is 265 g/mol. The Morgan fingerprint density at radius 3 is 2.67 bits per heavy atom. The zero-order chi connectivity index (χ0) is 8.77. The van der Waals surface area contributed by atoms with Crippen molar-refractivity contribution < 1.29 is 0 Å². The summed E-state index contributed by atoms with van der Waals surface area (Å²) in [5, 5.41) is 0. The minimum absolute atomic E-state index is 0.546. The van der Waals surface area contributed by atoms with Crippen molar-refractivity contribution in [1.82, 2.24) is 8.01 Å². The lowest BCUT2D eigenvalue weighted by Gasteiger charge is -2.48. The van der Waals surface area contributed by atoms with Crippen LogP contribution in [0, 0.1) is 11.3 Å². The average molecular weight is 281 g/mol. The van der Waals surface area contributed by atoms with E-state index in [1.165, 1.54) is 26.2 Å². The Morgan fingerprint density at radius 2 is 2.17 bits per heavy atom. The van der Waals surface area contributed by atoms with Gasteiger partial charge in [-0.3, -0.25) is 0 Å². The van der Waals surface area contributed by atoms with Gasteiger partial charge in [-0.25, -0.2) is 3.11 Å². The molecule has 2 N–H and O–H groups in total. The number of halogens is 1. The molecule has 12 heavy (non-hydrogen) atoms. The van der Waals surface area contributed by atoms with Crippen molar-refractivity contribution in [3.8, 4) is 0 Å². The molecule has 1 atom stereocenters. The maximum absolute atomic E-state index is 5.78. The fourth-order valence-corrected chi connectivity index (χ4v) is 3.98. The zero-order valence-electron chi connectivity index (χ0n) is 7.46. The molecule has 2 aliphatic heterocycles. The molecule has 2 heterocycles. The van der Waals surface area contributed by atoms with Gasteiger partial charge in [0.25, 0.3) is 0 Å². The van der Waals surface area contributed by atoms with Gasteiger partial charge in [0.2, 0.25) is 0 Å². The van der Waals surface area contributed by atoms with Crippen LogP contribution >= 0.6 is 22.9 Å². The smallest absolute Gasteiger partial charge is 0.0202 e. The minimum Gasteiger partial charge on any atom is -0.330 e. The predicted octanol–water partition coefficient (Wildman–Crippen LogP) is 0.159. The Kier molecular flexibility index (Phi) is 2.35. The highest BCUT2D eigenvalue weighted by Crippen LogP contribution is 2.44. The summed E-state index contributed by atoms with van der Waals surface area (Å²) >= 11 is 2.40. The Balaban J connectivity index is 2.05. The highest BCUT2D eigenvalue weighted by molar-refractivity contribution is 14.1. The van der Waals surface area contributed by atoms with Gasteiger partial charge in [-0.2, -0.15) is 0 Å². The van der Waals surface area contributed by atoms with Gasteiger partial charge in [0.05, 0.1) is 0 Å². The first-order valence-corrected chi connectivity index (χ1v) is 5.42. The van der Waals surface area contributed by atoms with Crippen LogP contribution in [0.15, 0.2) is 0 Å². The van der Waals surface area contributed by atoms with Gasteiger partial charge in [-0.05, 0) is 19.5 Å². The third-order valence-electron chi connectivity index (χ3n) is 3.24. The van der Waals surface area contributed by atoms with Gasteiger partial charge in [-0.15, -0.1) is 0 Å². The van der Waals surface area contributed by atoms with Crippen LogP contribution in [-0.2, 0) is 0 Å². The summed E-state index contributed by atoms with van der Waals surface area (Å²) in [5.74, 6) is 0.730. The lowest BCUT2D eigenvalue weighted by atomic mass is 9.73. The Labute approximate surface area is 87.8 Å². The van der Waals surface area contributed by atoms with Crippen molar-refractivity contribution in [2.75, 3.05) is 39.8 Å². The summed E-state index contributed by atoms with van der Waals surface area (Å²) in [6.07, 6.45) is 0. The van der Waals surface area contributed by atoms with Crippen molar-refractivity contribution in [2.24, 2.45) is 17.1 Å². The van der Waals surface area contributed by atoms with Crippen molar-refractivity contribution in [3.05, 3.63) is 0 Å². The van der Waals surface area contributed by atoms with E-state index in [1.807, 2.05) is 0 Å². The molecule has 3 nitrogen and oxygen atoms in total. The molecule has 2 aliphatic rings. The van der Waals surface area contributed by atoms with E-state index in [0.29, 0.717) is 5.41 Å². The van der Waals surface area contributed by atoms with E-state index in [4.69, 9.17) is 5.73 Å². The maximum atomic E-state index is 5.78. The number of rotatable bonds is 1. The summed E-state index contributed by atoms with van der Waals surface area (Å²) in [4.78, 5) is 2.42. The molecule has 0 aromatic carbocycles. The summed E-state index contributed by atoms with van der Waals surface area (Å²) in [5.41, 5.74) is 6.33. The molecule has 1 spiro atoms. The predicted molar refractivity (Wildman–Crippen MR) is 58.1 cm³/mol. The normalized spacial score (nSPS) is 35.8. The molecule has 0 bridgehead atoms. The lowest BCUT2D eigenvalue weighted by molar-refractivity contribution is 0.0657. The fraction of sp³-hybridized carbons (Fsp3) is 1.00. The van der Waals surface area contributed by atoms with Gasteiger partial charge in [0.15, 0.2) is 0 Å². The summed E-state index contributed by atoms with van der Waals surface area (Å²) in [7, 11) is 2.20. The molecule has 0 aromatic heterocycles. The van der Waals surface area contributed by atoms with E-state index < -0.39 is 0 Å². The van der Waals surface area contributed by atoms with Crippen LogP contribution in [0.25, 0.3) is 0 Å². The first-order chi connectivity index (χ1) is 5.66. The van der Waals surface area contributed by atoms with E-state index in [0.717, 1.165) is 12.5 Å². The van der Waals surface area contributed by atoms with E-state index in [9.17, 15) is 0 Å². The van der Waals surface area contributed by atoms with Crippen molar-refractivity contribution >= 4 is 22.9 Å². The third kappa shape index (κ3) is 1.29. The lowest BCUT2D eigenvalue weighted by Crippen LogP contribution is -2.57. The Hall–Kier alpha value is 0.610. The number of hydrogen-bond acceptors (Lipinski definition) is 3. The molecule has 2 rings (SSSR count). The molecule has 0 radical (unpaired) electrons. The second-order valence-corrected chi connectivity index (χ2v) is 5.64. The van der Waals surface area contributed by atoms with Crippen molar-refractivity contribution in [2.45, 2.75) is 0 Å². The van der Waals surface area contributed by atoms with Crippen LogP contribution in [0.2, 0.25) is 0 Å². The van der Waals surface area contributed by atoms with Crippen LogP contribution in [-0.4, -0.2) is 47.8 Å². The van der Waals surface area contributed by atoms with Crippen LogP contribution in [0.1, 0.15) is 0 Å². The van der Waals surface area contributed by atoms with Gasteiger partial charge < -0.3 is 10.6 Å². The largest absolute Gasteiger partial charge is 0.330 e. The van der Waals surface area contributed by atoms with E-state index in [2.05, 4.69) is 37.9 Å². The van der Waals surface area contributed by atoms with Gasteiger partial charge in [0, 0.05) is 54.5 Å². The fourth-order valence-electron chi connectivity index (χ4n) is 2.62. The van der Waals surface area contributed by atoms with Gasteiger partial charge >= 0.3 is 0 Å². The molecule has 0 amide bonds. The van der Waals surface area contributed by atoms with Crippen LogP contribution in [0.3, 0.4) is 0 Å². The SMILES string of the molecule is CN1CC(CN)C2(C1)CN(I)C2. The average Bonchev–Trinajstić information content (AvgIpc) is 2.26. The Morgan fingerprint density at radius 1 is 1.50 bits per heavy atom. The molecule has 0 aliphatic carbocycles. The van der Waals surface area contributed by atoms with E-state index in [1.54, 1.807) is 0 Å². The molecule has 70 valence electrons. The topological polar surface area (TPSA) is 32.5 Å². The number of hydrogen-bond donors (Lipinski definition) is 1. The second-order valence-electron chi connectivity index (χ2n) is 4.27. The summed E-state index contributed by atoms with van der Waals surface area (Å²) in [6.45, 7) is 5.77. The summed E-state index contributed by atoms with van der Waals surface area (Å²) < 4.78 is 2.36. The second kappa shape index (κ2) is 3.08. The quantitative estimate of drug-likeness (QED) is 0.549. The molecule has 1 unspecified atom stereocenters. The van der Waals surface area contributed by atoms with Crippen molar-refractivity contribution in [3.63, 3.8) is 0 Å². The maximum Gasteiger partial charge on any atom is 0.0202 e. The third-order valence-corrected chi connectivity index (χ3v) is 3.92. The molecular formula is C8H16IN3. The highest BCUT2D eigenvalue weighted by Gasteiger charge is 2.51. The number of nitrogens with two attached hydrogens (primary N) is 1. The van der Waals surface area contributed by atoms with Crippen molar-refractivity contribution in [1.29, 1.82) is 0 Å². The van der Waals surface area contributed by atoms with Crippen LogP contribution < -0.4 is 5.73 Å². The Bertz CT molecular complexity index is 179. The number of nitrogens with zero attached hydrogens (tertiary/aromatic N) is 2. The summed E-state index contributed by atoms with van der Waals surface area (Å²) in [6, 6.07) is 0. The first-order valence-electron chi connectivity index (χ1n) is 4.46.